The highest BCUT2D eigenvalue weighted by molar-refractivity contribution is 5.91. The molecule has 21 heavy (non-hydrogen) atoms. The summed E-state index contributed by atoms with van der Waals surface area (Å²) in [7, 11) is 1.32. The topological polar surface area (TPSA) is 79.5 Å². The van der Waals surface area contributed by atoms with Crippen LogP contribution in [-0.2, 0) is 4.74 Å². The number of ether oxygens (including phenoxy) is 1. The zero-order valence-electron chi connectivity index (χ0n) is 11.4. The molecule has 6 nitrogen and oxygen atoms in total. The molecule has 3 N–H and O–H groups in total. The minimum atomic E-state index is -0.406. The molecule has 0 spiro atoms. The number of methoxy groups -OCH3 is 1. The van der Waals surface area contributed by atoms with E-state index >= 15 is 0 Å². The summed E-state index contributed by atoms with van der Waals surface area (Å²) in [6.45, 7) is 0. The second kappa shape index (κ2) is 6.95. The molecular formula is C15H15N3O3. The molecule has 2 amide bonds. The number of carbonyl (C=O) groups is 2. The molecule has 6 heteroatoms. The van der Waals surface area contributed by atoms with E-state index < -0.39 is 12.0 Å². The predicted molar refractivity (Wildman–Crippen MR) is 80.0 cm³/mol. The van der Waals surface area contributed by atoms with Gasteiger partial charge in [0, 0.05) is 5.69 Å². The summed E-state index contributed by atoms with van der Waals surface area (Å²) < 4.78 is 4.60. The number of carbonyl (C=O) groups excluding carboxylic acids is 2. The molecule has 0 aromatic heterocycles. The van der Waals surface area contributed by atoms with Crippen molar-refractivity contribution in [3.8, 4) is 0 Å². The first-order chi connectivity index (χ1) is 10.2. The monoisotopic (exact) mass is 285 g/mol. The number of para-hydroxylation sites is 1. The molecular weight excluding hydrogens is 270 g/mol. The zero-order valence-corrected chi connectivity index (χ0v) is 11.4. The Morgan fingerprint density at radius 2 is 1.57 bits per heavy atom. The van der Waals surface area contributed by atoms with Crippen LogP contribution in [-0.4, -0.2) is 19.1 Å². The van der Waals surface area contributed by atoms with E-state index in [1.807, 2.05) is 18.2 Å². The molecule has 0 aliphatic heterocycles. The van der Waals surface area contributed by atoms with Gasteiger partial charge >= 0.3 is 12.0 Å². The predicted octanol–water partition coefficient (Wildman–Crippen LogP) is 2.62. The molecule has 2 rings (SSSR count). The van der Waals surface area contributed by atoms with Crippen molar-refractivity contribution < 1.29 is 14.3 Å². The van der Waals surface area contributed by atoms with Crippen LogP contribution in [0.2, 0.25) is 0 Å². The van der Waals surface area contributed by atoms with Crippen LogP contribution in [0.4, 0.5) is 16.2 Å². The number of rotatable bonds is 4. The summed E-state index contributed by atoms with van der Waals surface area (Å²) in [4.78, 5) is 22.9. The average molecular weight is 285 g/mol. The first kappa shape index (κ1) is 14.4. The van der Waals surface area contributed by atoms with E-state index in [4.69, 9.17) is 0 Å². The van der Waals surface area contributed by atoms with Crippen LogP contribution >= 0.6 is 0 Å². The molecule has 0 saturated heterocycles. The Bertz CT molecular complexity index is 612. The summed E-state index contributed by atoms with van der Waals surface area (Å²) >= 11 is 0. The molecule has 0 atom stereocenters. The number of hydrogen-bond donors (Lipinski definition) is 3. The van der Waals surface area contributed by atoms with E-state index in [0.29, 0.717) is 16.9 Å². The second-order valence-corrected chi connectivity index (χ2v) is 4.14. The van der Waals surface area contributed by atoms with E-state index in [-0.39, 0.29) is 0 Å². The fourth-order valence-corrected chi connectivity index (χ4v) is 1.62. The van der Waals surface area contributed by atoms with Gasteiger partial charge in [0.05, 0.1) is 18.4 Å². The van der Waals surface area contributed by atoms with Crippen LogP contribution in [0.25, 0.3) is 0 Å². The number of hydrogen-bond acceptors (Lipinski definition) is 4. The van der Waals surface area contributed by atoms with Crippen molar-refractivity contribution >= 4 is 23.4 Å². The fourth-order valence-electron chi connectivity index (χ4n) is 1.62. The molecule has 2 aromatic carbocycles. The summed E-state index contributed by atoms with van der Waals surface area (Å²) in [6.07, 6.45) is 0. The van der Waals surface area contributed by atoms with Gasteiger partial charge in [-0.2, -0.15) is 0 Å². The Balaban J connectivity index is 1.85. The third kappa shape index (κ3) is 4.24. The summed E-state index contributed by atoms with van der Waals surface area (Å²) in [5.74, 6) is -0.406. The Morgan fingerprint density at radius 3 is 2.19 bits per heavy atom. The van der Waals surface area contributed by atoms with Gasteiger partial charge in [-0.1, -0.05) is 18.2 Å². The lowest BCUT2D eigenvalue weighted by atomic mass is 10.2. The molecule has 108 valence electrons. The van der Waals surface area contributed by atoms with Crippen LogP contribution < -0.4 is 16.2 Å². The minimum absolute atomic E-state index is 0.391. The van der Waals surface area contributed by atoms with Crippen molar-refractivity contribution in [2.45, 2.75) is 0 Å². The van der Waals surface area contributed by atoms with Crippen molar-refractivity contribution in [2.24, 2.45) is 0 Å². The smallest absolute Gasteiger partial charge is 0.337 e. The molecule has 0 fully saturated rings. The van der Waals surface area contributed by atoms with Crippen molar-refractivity contribution in [1.29, 1.82) is 0 Å². The van der Waals surface area contributed by atoms with Crippen molar-refractivity contribution in [3.63, 3.8) is 0 Å². The number of amides is 2. The number of hydrazine groups is 1. The van der Waals surface area contributed by atoms with Crippen molar-refractivity contribution in [1.82, 2.24) is 5.43 Å². The molecule has 0 aliphatic rings. The number of anilines is 2. The van der Waals surface area contributed by atoms with Gasteiger partial charge in [-0.05, 0) is 36.4 Å². The maximum absolute atomic E-state index is 11.6. The molecule has 0 saturated carbocycles. The van der Waals surface area contributed by atoms with Gasteiger partial charge in [-0.25, -0.2) is 9.59 Å². The van der Waals surface area contributed by atoms with E-state index in [2.05, 4.69) is 20.9 Å². The normalized spacial score (nSPS) is 9.57. The van der Waals surface area contributed by atoms with Crippen LogP contribution in [0.5, 0.6) is 0 Å². The third-order valence-corrected chi connectivity index (χ3v) is 2.66. The van der Waals surface area contributed by atoms with Crippen LogP contribution in [0, 0.1) is 0 Å². The molecule has 2 aromatic rings. The van der Waals surface area contributed by atoms with E-state index in [9.17, 15) is 9.59 Å². The SMILES string of the molecule is COC(=O)c1ccc(NNC(=O)Nc2ccccc2)cc1. The third-order valence-electron chi connectivity index (χ3n) is 2.66. The maximum Gasteiger partial charge on any atom is 0.337 e. The molecule has 0 bridgehead atoms. The number of benzene rings is 2. The maximum atomic E-state index is 11.6. The number of nitrogens with one attached hydrogen (secondary N) is 3. The Hall–Kier alpha value is -3.02. The zero-order chi connectivity index (χ0) is 15.1. The van der Waals surface area contributed by atoms with Crippen molar-refractivity contribution in [2.75, 3.05) is 17.9 Å². The molecule has 0 aliphatic carbocycles. The first-order valence-electron chi connectivity index (χ1n) is 6.25. The number of urea groups is 1. The van der Waals surface area contributed by atoms with E-state index in [1.54, 1.807) is 36.4 Å². The lowest BCUT2D eigenvalue weighted by Crippen LogP contribution is -2.33. The first-order valence-corrected chi connectivity index (χ1v) is 6.25. The van der Waals surface area contributed by atoms with Crippen LogP contribution in [0.15, 0.2) is 54.6 Å². The van der Waals surface area contributed by atoms with E-state index in [1.165, 1.54) is 7.11 Å². The van der Waals surface area contributed by atoms with Gasteiger partial charge in [-0.3, -0.25) is 10.9 Å². The number of esters is 1. The second-order valence-electron chi connectivity index (χ2n) is 4.14. The van der Waals surface area contributed by atoms with Gasteiger partial charge in [0.25, 0.3) is 0 Å². The van der Waals surface area contributed by atoms with Gasteiger partial charge < -0.3 is 10.1 Å². The average Bonchev–Trinajstić information content (AvgIpc) is 2.53. The summed E-state index contributed by atoms with van der Waals surface area (Å²) in [5, 5.41) is 2.66. The van der Waals surface area contributed by atoms with Gasteiger partial charge in [-0.15, -0.1) is 0 Å². The molecule has 0 heterocycles. The summed E-state index contributed by atoms with van der Waals surface area (Å²) in [5.41, 5.74) is 7.01. The lowest BCUT2D eigenvalue weighted by molar-refractivity contribution is 0.0600. The Kier molecular flexibility index (Phi) is 4.76. The highest BCUT2D eigenvalue weighted by Gasteiger charge is 2.05. The van der Waals surface area contributed by atoms with Crippen molar-refractivity contribution in [3.05, 3.63) is 60.2 Å². The van der Waals surface area contributed by atoms with Gasteiger partial charge in [0.1, 0.15) is 0 Å². The Labute approximate surface area is 122 Å². The van der Waals surface area contributed by atoms with E-state index in [0.717, 1.165) is 0 Å². The highest BCUT2D eigenvalue weighted by atomic mass is 16.5. The summed E-state index contributed by atoms with van der Waals surface area (Å²) in [6, 6.07) is 15.2. The quantitative estimate of drug-likeness (QED) is 0.596. The van der Waals surface area contributed by atoms with Crippen LogP contribution in [0.3, 0.4) is 0 Å². The lowest BCUT2D eigenvalue weighted by Gasteiger charge is -2.10. The van der Waals surface area contributed by atoms with Gasteiger partial charge in [0.2, 0.25) is 0 Å². The molecule has 0 unspecified atom stereocenters. The minimum Gasteiger partial charge on any atom is -0.465 e. The fraction of sp³-hybridized carbons (Fsp3) is 0.0667. The Morgan fingerprint density at radius 1 is 0.905 bits per heavy atom. The van der Waals surface area contributed by atoms with Gasteiger partial charge in [0.15, 0.2) is 0 Å². The van der Waals surface area contributed by atoms with Crippen LogP contribution in [0.1, 0.15) is 10.4 Å². The molecule has 0 radical (unpaired) electrons. The standard InChI is InChI=1S/C15H15N3O3/c1-21-14(19)11-7-9-13(10-8-11)17-18-15(20)16-12-5-3-2-4-6-12/h2-10,17H,1H3,(H2,16,18,20). The largest absolute Gasteiger partial charge is 0.465 e. The highest BCUT2D eigenvalue weighted by Crippen LogP contribution is 2.09.